The Kier molecular flexibility index (Phi) is 5.16. The molecule has 0 radical (unpaired) electrons. The van der Waals surface area contributed by atoms with Crippen LogP contribution in [0.1, 0.15) is 21.7 Å². The van der Waals surface area contributed by atoms with Gasteiger partial charge in [-0.15, -0.1) is 0 Å². The minimum atomic E-state index is -0.997. The van der Waals surface area contributed by atoms with Crippen molar-refractivity contribution >= 4 is 23.8 Å². The van der Waals surface area contributed by atoms with Gasteiger partial charge in [0.15, 0.2) is 0 Å². The molecule has 0 saturated carbocycles. The predicted molar refractivity (Wildman–Crippen MR) is 97.0 cm³/mol. The molecule has 3 rings (SSSR count). The average Bonchev–Trinajstić information content (AvgIpc) is 3.09. The quantitative estimate of drug-likeness (QED) is 0.507. The maximum absolute atomic E-state index is 11.3. The third-order valence-corrected chi connectivity index (χ3v) is 3.93. The molecule has 3 aromatic rings. The van der Waals surface area contributed by atoms with E-state index < -0.39 is 5.97 Å². The van der Waals surface area contributed by atoms with Crippen molar-refractivity contribution in [1.82, 2.24) is 5.43 Å². The monoisotopic (exact) mass is 354 g/mol. The number of hydrazone groups is 1. The zero-order valence-electron chi connectivity index (χ0n) is 13.1. The molecular weight excluding hydrogens is 340 g/mol. The number of furan rings is 1. The van der Waals surface area contributed by atoms with Crippen LogP contribution in [0, 0.1) is 0 Å². The van der Waals surface area contributed by atoms with E-state index in [9.17, 15) is 9.90 Å². The fraction of sp³-hybridized carbons (Fsp3) is 0.0526. The largest absolute Gasteiger partial charge is 0.478 e. The summed E-state index contributed by atoms with van der Waals surface area (Å²) in [5.41, 5.74) is 4.56. The van der Waals surface area contributed by atoms with Crippen molar-refractivity contribution in [2.75, 3.05) is 0 Å². The number of nitrogens with zero attached hydrogens (tertiary/aromatic N) is 1. The first-order valence-corrected chi connectivity index (χ1v) is 7.95. The molecule has 0 atom stereocenters. The van der Waals surface area contributed by atoms with E-state index in [4.69, 9.17) is 16.0 Å². The number of carbonyl (C=O) groups is 1. The third kappa shape index (κ3) is 4.08. The van der Waals surface area contributed by atoms with Crippen LogP contribution in [0.25, 0.3) is 11.3 Å². The topological polar surface area (TPSA) is 74.8 Å². The number of rotatable bonds is 6. The highest BCUT2D eigenvalue weighted by Crippen LogP contribution is 2.25. The van der Waals surface area contributed by atoms with Gasteiger partial charge in [0.25, 0.3) is 0 Å². The first kappa shape index (κ1) is 16.8. The van der Waals surface area contributed by atoms with Gasteiger partial charge in [-0.05, 0) is 29.8 Å². The molecule has 0 unspecified atom stereocenters. The van der Waals surface area contributed by atoms with Crippen LogP contribution in [0.3, 0.4) is 0 Å². The standard InChI is InChI=1S/C19H15ClN2O3/c20-17-8-4-1-5-13(17)11-21-22-12-14-9-10-18(25-14)15-6-2-3-7-16(15)19(23)24/h1-10,12,21H,11H2,(H,23,24)/b22-12-. The Morgan fingerprint density at radius 2 is 1.88 bits per heavy atom. The molecule has 126 valence electrons. The summed E-state index contributed by atoms with van der Waals surface area (Å²) in [4.78, 5) is 11.3. The Labute approximate surface area is 149 Å². The maximum Gasteiger partial charge on any atom is 0.336 e. The predicted octanol–water partition coefficient (Wildman–Crippen LogP) is 4.42. The highest BCUT2D eigenvalue weighted by molar-refractivity contribution is 6.31. The zero-order chi connectivity index (χ0) is 17.6. The molecule has 0 aliphatic heterocycles. The van der Waals surface area contributed by atoms with E-state index >= 15 is 0 Å². The Bertz CT molecular complexity index is 918. The second-order valence-electron chi connectivity index (χ2n) is 5.24. The Hall–Kier alpha value is -3.05. The molecule has 25 heavy (non-hydrogen) atoms. The van der Waals surface area contributed by atoms with Crippen LogP contribution < -0.4 is 5.43 Å². The molecular formula is C19H15ClN2O3. The molecule has 2 aromatic carbocycles. The van der Waals surface area contributed by atoms with Crippen LogP contribution in [0.4, 0.5) is 0 Å². The van der Waals surface area contributed by atoms with E-state index in [0.717, 1.165) is 5.56 Å². The summed E-state index contributed by atoms with van der Waals surface area (Å²) in [7, 11) is 0. The van der Waals surface area contributed by atoms with Crippen molar-refractivity contribution < 1.29 is 14.3 Å². The first-order valence-electron chi connectivity index (χ1n) is 7.57. The number of carboxylic acids is 1. The van der Waals surface area contributed by atoms with E-state index in [2.05, 4.69) is 10.5 Å². The molecule has 0 saturated heterocycles. The van der Waals surface area contributed by atoms with Gasteiger partial charge >= 0.3 is 5.97 Å². The zero-order valence-corrected chi connectivity index (χ0v) is 13.9. The fourth-order valence-electron chi connectivity index (χ4n) is 2.33. The molecule has 0 aliphatic carbocycles. The summed E-state index contributed by atoms with van der Waals surface area (Å²) in [5, 5.41) is 14.0. The van der Waals surface area contributed by atoms with Gasteiger partial charge in [-0.3, -0.25) is 0 Å². The van der Waals surface area contributed by atoms with Gasteiger partial charge in [-0.1, -0.05) is 48.0 Å². The summed E-state index contributed by atoms with van der Waals surface area (Å²) < 4.78 is 5.66. The molecule has 1 aromatic heterocycles. The second kappa shape index (κ2) is 7.68. The van der Waals surface area contributed by atoms with Crippen molar-refractivity contribution in [1.29, 1.82) is 0 Å². The minimum absolute atomic E-state index is 0.192. The molecule has 0 aliphatic rings. The summed E-state index contributed by atoms with van der Waals surface area (Å²) in [6.45, 7) is 0.492. The average molecular weight is 355 g/mol. The van der Waals surface area contributed by atoms with Gasteiger partial charge in [0.05, 0.1) is 18.3 Å². The summed E-state index contributed by atoms with van der Waals surface area (Å²) in [5.74, 6) is -0.00368. The second-order valence-corrected chi connectivity index (χ2v) is 5.64. The highest BCUT2D eigenvalue weighted by atomic mass is 35.5. The minimum Gasteiger partial charge on any atom is -0.478 e. The van der Waals surface area contributed by atoms with E-state index in [1.807, 2.05) is 24.3 Å². The highest BCUT2D eigenvalue weighted by Gasteiger charge is 2.13. The van der Waals surface area contributed by atoms with Crippen molar-refractivity contribution in [3.05, 3.63) is 82.6 Å². The lowest BCUT2D eigenvalue weighted by atomic mass is 10.1. The van der Waals surface area contributed by atoms with E-state index in [1.165, 1.54) is 6.21 Å². The number of halogens is 1. The normalized spacial score (nSPS) is 10.9. The number of nitrogens with one attached hydrogen (secondary N) is 1. The van der Waals surface area contributed by atoms with Crippen LogP contribution in [0.15, 0.2) is 70.2 Å². The van der Waals surface area contributed by atoms with Gasteiger partial charge in [-0.2, -0.15) is 5.10 Å². The van der Waals surface area contributed by atoms with E-state index in [1.54, 1.807) is 36.4 Å². The molecule has 6 heteroatoms. The van der Waals surface area contributed by atoms with Crippen LogP contribution in [-0.2, 0) is 6.54 Å². The molecule has 5 nitrogen and oxygen atoms in total. The fourth-order valence-corrected chi connectivity index (χ4v) is 2.54. The molecule has 0 amide bonds. The molecule has 1 heterocycles. The SMILES string of the molecule is O=C(O)c1ccccc1-c1ccc(/C=N\NCc2ccccc2Cl)o1. The lowest BCUT2D eigenvalue weighted by Crippen LogP contribution is -2.05. The smallest absolute Gasteiger partial charge is 0.336 e. The lowest BCUT2D eigenvalue weighted by Gasteiger charge is -2.03. The van der Waals surface area contributed by atoms with Crippen LogP contribution in [-0.4, -0.2) is 17.3 Å². The number of carboxylic acid groups (broad SMARTS) is 1. The number of aromatic carboxylic acids is 1. The Balaban J connectivity index is 1.68. The maximum atomic E-state index is 11.3. The van der Waals surface area contributed by atoms with E-state index in [-0.39, 0.29) is 5.56 Å². The first-order chi connectivity index (χ1) is 12.1. The number of hydrogen-bond donors (Lipinski definition) is 2. The van der Waals surface area contributed by atoms with Gasteiger partial charge < -0.3 is 14.9 Å². The summed E-state index contributed by atoms with van der Waals surface area (Å²) in [6.07, 6.45) is 1.53. The van der Waals surface area contributed by atoms with Gasteiger partial charge in [0.1, 0.15) is 11.5 Å². The van der Waals surface area contributed by atoms with Crippen LogP contribution in [0.5, 0.6) is 0 Å². The lowest BCUT2D eigenvalue weighted by molar-refractivity contribution is 0.0697. The summed E-state index contributed by atoms with van der Waals surface area (Å²) in [6, 6.07) is 17.7. The number of hydrogen-bond acceptors (Lipinski definition) is 4. The number of benzene rings is 2. The molecule has 0 bridgehead atoms. The summed E-state index contributed by atoms with van der Waals surface area (Å²) >= 11 is 6.07. The van der Waals surface area contributed by atoms with Gasteiger partial charge in [0, 0.05) is 10.6 Å². The van der Waals surface area contributed by atoms with Crippen LogP contribution >= 0.6 is 11.6 Å². The van der Waals surface area contributed by atoms with Crippen molar-refractivity contribution in [2.24, 2.45) is 5.10 Å². The van der Waals surface area contributed by atoms with Gasteiger partial charge in [-0.25, -0.2) is 4.79 Å². The van der Waals surface area contributed by atoms with Crippen molar-refractivity contribution in [3.8, 4) is 11.3 Å². The van der Waals surface area contributed by atoms with E-state index in [0.29, 0.717) is 28.7 Å². The van der Waals surface area contributed by atoms with Crippen molar-refractivity contribution in [2.45, 2.75) is 6.54 Å². The van der Waals surface area contributed by atoms with Crippen molar-refractivity contribution in [3.63, 3.8) is 0 Å². The van der Waals surface area contributed by atoms with Crippen LogP contribution in [0.2, 0.25) is 5.02 Å². The molecule has 0 fully saturated rings. The third-order valence-electron chi connectivity index (χ3n) is 3.56. The molecule has 2 N–H and O–H groups in total. The Morgan fingerprint density at radius 1 is 1.12 bits per heavy atom. The van der Waals surface area contributed by atoms with Gasteiger partial charge in [0.2, 0.25) is 0 Å². The Morgan fingerprint density at radius 3 is 2.68 bits per heavy atom. The molecule has 0 spiro atoms.